The van der Waals surface area contributed by atoms with E-state index in [9.17, 15) is 9.59 Å². The molecule has 0 radical (unpaired) electrons. The third kappa shape index (κ3) is 22.4. The van der Waals surface area contributed by atoms with Crippen LogP contribution in [-0.2, 0) is 9.59 Å². The van der Waals surface area contributed by atoms with E-state index in [1.165, 1.54) is 0 Å². The normalized spacial score (nSPS) is 8.36. The van der Waals surface area contributed by atoms with E-state index >= 15 is 0 Å². The number of hydrogen-bond acceptors (Lipinski definition) is 4. The summed E-state index contributed by atoms with van der Waals surface area (Å²) in [7, 11) is 0. The number of aliphatic carboxylic acids is 1. The van der Waals surface area contributed by atoms with Gasteiger partial charge < -0.3 is 21.9 Å². The van der Waals surface area contributed by atoms with Crippen molar-refractivity contribution in [2.75, 3.05) is 19.6 Å². The average molecular weight is 203 g/mol. The maximum atomic E-state index is 10.00. The molecule has 0 unspecified atom stereocenters. The van der Waals surface area contributed by atoms with Gasteiger partial charge in [-0.1, -0.05) is 6.08 Å². The van der Waals surface area contributed by atoms with E-state index in [2.05, 4.69) is 11.9 Å². The quantitative estimate of drug-likeness (QED) is 0.315. The molecule has 0 saturated heterocycles. The second kappa shape index (κ2) is 11.6. The summed E-state index contributed by atoms with van der Waals surface area (Å²) in [5.41, 5.74) is 9.65. The molecule has 0 bridgehead atoms. The van der Waals surface area contributed by atoms with Gasteiger partial charge in [-0.2, -0.15) is 0 Å². The first-order chi connectivity index (χ1) is 6.54. The number of amides is 1. The Hall–Kier alpha value is -1.40. The van der Waals surface area contributed by atoms with Crippen LogP contribution in [0.1, 0.15) is 6.42 Å². The molecule has 0 aliphatic heterocycles. The molecule has 0 heterocycles. The van der Waals surface area contributed by atoms with Gasteiger partial charge >= 0.3 is 5.97 Å². The Bertz CT molecular complexity index is 183. The van der Waals surface area contributed by atoms with Crippen LogP contribution in [-0.4, -0.2) is 36.6 Å². The maximum Gasteiger partial charge on any atom is 0.304 e. The molecular formula is C8H17N3O3. The molecule has 6 N–H and O–H groups in total. The summed E-state index contributed by atoms with van der Waals surface area (Å²) in [6, 6.07) is 0. The van der Waals surface area contributed by atoms with Crippen LogP contribution >= 0.6 is 0 Å². The molecule has 14 heavy (non-hydrogen) atoms. The van der Waals surface area contributed by atoms with Crippen molar-refractivity contribution in [1.82, 2.24) is 5.32 Å². The van der Waals surface area contributed by atoms with Crippen molar-refractivity contribution in [1.29, 1.82) is 0 Å². The summed E-state index contributed by atoms with van der Waals surface area (Å²) in [4.78, 5) is 19.5. The molecule has 82 valence electrons. The summed E-state index contributed by atoms with van der Waals surface area (Å²) in [5, 5.41) is 10.6. The van der Waals surface area contributed by atoms with Crippen molar-refractivity contribution in [3.05, 3.63) is 12.7 Å². The molecule has 0 atom stereocenters. The van der Waals surface area contributed by atoms with Crippen LogP contribution in [0.4, 0.5) is 0 Å². The fourth-order valence-electron chi connectivity index (χ4n) is 0.421. The average Bonchev–Trinajstić information content (AvgIpc) is 2.05. The minimum Gasteiger partial charge on any atom is -0.481 e. The van der Waals surface area contributed by atoms with Crippen molar-refractivity contribution in [2.45, 2.75) is 6.42 Å². The number of nitrogens with one attached hydrogen (secondary N) is 1. The Morgan fingerprint density at radius 1 is 1.50 bits per heavy atom. The summed E-state index contributed by atoms with van der Waals surface area (Å²) < 4.78 is 0. The van der Waals surface area contributed by atoms with E-state index in [0.717, 1.165) is 0 Å². The van der Waals surface area contributed by atoms with Crippen molar-refractivity contribution in [2.24, 2.45) is 11.5 Å². The molecule has 0 aromatic heterocycles. The van der Waals surface area contributed by atoms with Crippen molar-refractivity contribution in [3.63, 3.8) is 0 Å². The summed E-state index contributed by atoms with van der Waals surface area (Å²) in [6.07, 6.45) is 1.74. The number of carbonyl (C=O) groups excluding carboxylic acids is 1. The Labute approximate surface area is 83.0 Å². The van der Waals surface area contributed by atoms with Gasteiger partial charge in [-0.3, -0.25) is 9.59 Å². The number of carbonyl (C=O) groups is 2. The van der Waals surface area contributed by atoms with E-state index in [0.29, 0.717) is 6.54 Å². The van der Waals surface area contributed by atoms with Crippen molar-refractivity contribution in [3.8, 4) is 0 Å². The first kappa shape index (κ1) is 15.1. The first-order valence-electron chi connectivity index (χ1n) is 4.06. The van der Waals surface area contributed by atoms with Crippen LogP contribution < -0.4 is 16.8 Å². The zero-order valence-corrected chi connectivity index (χ0v) is 8.03. The lowest BCUT2D eigenvalue weighted by molar-refractivity contribution is -0.136. The number of carboxylic acids is 1. The van der Waals surface area contributed by atoms with E-state index in [1.807, 2.05) is 0 Å². The first-order valence-corrected chi connectivity index (χ1v) is 4.06. The molecule has 0 rings (SSSR count). The van der Waals surface area contributed by atoms with E-state index < -0.39 is 5.97 Å². The molecule has 0 aromatic carbocycles. The molecule has 0 aliphatic rings. The standard InChI is InChI=1S/C5H10N2O.C3H7NO2/c1-2-3-7-4-5(6)8;4-2-1-3(5)6/h2,7H,1,3-4H2,(H2,6,8);1-2,4H2,(H,5,6). The van der Waals surface area contributed by atoms with Gasteiger partial charge in [0.2, 0.25) is 5.91 Å². The molecule has 0 spiro atoms. The number of hydrogen-bond donors (Lipinski definition) is 4. The SMILES string of the molecule is C=CCNCC(N)=O.NCCC(=O)O. The highest BCUT2D eigenvalue weighted by molar-refractivity contribution is 5.75. The minimum atomic E-state index is -0.836. The van der Waals surface area contributed by atoms with E-state index in [1.54, 1.807) is 6.08 Å². The maximum absolute atomic E-state index is 10.00. The Kier molecular flexibility index (Phi) is 12.5. The zero-order valence-electron chi connectivity index (χ0n) is 8.03. The Morgan fingerprint density at radius 2 is 2.07 bits per heavy atom. The van der Waals surface area contributed by atoms with E-state index in [4.69, 9.17) is 16.6 Å². The van der Waals surface area contributed by atoms with E-state index in [-0.39, 0.29) is 25.4 Å². The Balaban J connectivity index is 0. The fourth-order valence-corrected chi connectivity index (χ4v) is 0.421. The lowest BCUT2D eigenvalue weighted by Gasteiger charge is -1.92. The van der Waals surface area contributed by atoms with Gasteiger partial charge in [-0.25, -0.2) is 0 Å². The second-order valence-electron chi connectivity index (χ2n) is 2.32. The molecule has 1 amide bonds. The summed E-state index contributed by atoms with van der Waals surface area (Å²) >= 11 is 0. The smallest absolute Gasteiger partial charge is 0.304 e. The highest BCUT2D eigenvalue weighted by Gasteiger charge is 1.88. The number of carboxylic acid groups (broad SMARTS) is 1. The van der Waals surface area contributed by atoms with Crippen LogP contribution in [0.2, 0.25) is 0 Å². The topological polar surface area (TPSA) is 118 Å². The molecule has 0 fully saturated rings. The van der Waals surface area contributed by atoms with Crippen LogP contribution in [0.25, 0.3) is 0 Å². The van der Waals surface area contributed by atoms with Gasteiger partial charge in [0.15, 0.2) is 0 Å². The number of nitrogens with two attached hydrogens (primary N) is 2. The van der Waals surface area contributed by atoms with Crippen molar-refractivity contribution >= 4 is 11.9 Å². The Morgan fingerprint density at radius 3 is 2.29 bits per heavy atom. The zero-order chi connectivity index (χ0) is 11.4. The number of primary amides is 1. The second-order valence-corrected chi connectivity index (χ2v) is 2.32. The van der Waals surface area contributed by atoms with Gasteiger partial charge in [0, 0.05) is 13.1 Å². The third-order valence-electron chi connectivity index (χ3n) is 0.946. The van der Waals surface area contributed by atoms with Crippen LogP contribution in [0.5, 0.6) is 0 Å². The highest BCUT2D eigenvalue weighted by Crippen LogP contribution is 1.67. The van der Waals surface area contributed by atoms with Crippen LogP contribution in [0, 0.1) is 0 Å². The summed E-state index contributed by atoms with van der Waals surface area (Å²) in [5.74, 6) is -1.18. The predicted octanol–water partition coefficient (Wildman–Crippen LogP) is -1.33. The summed E-state index contributed by atoms with van der Waals surface area (Å²) in [6.45, 7) is 4.53. The van der Waals surface area contributed by atoms with Gasteiger partial charge in [-0.15, -0.1) is 6.58 Å². The van der Waals surface area contributed by atoms with Gasteiger partial charge in [0.25, 0.3) is 0 Å². The molecule has 6 heteroatoms. The highest BCUT2D eigenvalue weighted by atomic mass is 16.4. The lowest BCUT2D eigenvalue weighted by atomic mass is 10.5. The van der Waals surface area contributed by atoms with Gasteiger partial charge in [0.1, 0.15) is 0 Å². The minimum absolute atomic E-state index is 0.0694. The van der Waals surface area contributed by atoms with Gasteiger partial charge in [0.05, 0.1) is 13.0 Å². The van der Waals surface area contributed by atoms with Crippen LogP contribution in [0.3, 0.4) is 0 Å². The molecule has 0 aliphatic carbocycles. The van der Waals surface area contributed by atoms with Crippen molar-refractivity contribution < 1.29 is 14.7 Å². The molecule has 0 aromatic rings. The molecule has 6 nitrogen and oxygen atoms in total. The lowest BCUT2D eigenvalue weighted by Crippen LogP contribution is -2.28. The van der Waals surface area contributed by atoms with Gasteiger partial charge in [-0.05, 0) is 0 Å². The largest absolute Gasteiger partial charge is 0.481 e. The monoisotopic (exact) mass is 203 g/mol. The van der Waals surface area contributed by atoms with Crippen LogP contribution in [0.15, 0.2) is 12.7 Å². The third-order valence-corrected chi connectivity index (χ3v) is 0.946. The molecular weight excluding hydrogens is 186 g/mol. The fraction of sp³-hybridized carbons (Fsp3) is 0.500. The molecule has 0 saturated carbocycles. The number of rotatable bonds is 6. The predicted molar refractivity (Wildman–Crippen MR) is 53.6 cm³/mol.